The van der Waals surface area contributed by atoms with Crippen molar-refractivity contribution in [1.82, 2.24) is 4.90 Å². The predicted octanol–water partition coefficient (Wildman–Crippen LogP) is 2.00. The maximum atomic E-state index is 12.9. The number of methoxy groups -OCH3 is 1. The molecule has 0 spiro atoms. The minimum Gasteiger partial charge on any atom is -0.454 e. The minimum atomic E-state index is -0.0597. The molecule has 0 aromatic heterocycles. The summed E-state index contributed by atoms with van der Waals surface area (Å²) in [6.07, 6.45) is 3.56. The molecule has 2 fully saturated rings. The topological polar surface area (TPSA) is 57.2 Å². The number of carbonyl (C=O) groups excluding carboxylic acids is 1. The van der Waals surface area contributed by atoms with E-state index in [1.165, 1.54) is 0 Å². The molecule has 1 aromatic carbocycles. The number of likely N-dealkylation sites (tertiary alicyclic amines) is 1. The van der Waals surface area contributed by atoms with Crippen molar-refractivity contribution in [2.45, 2.75) is 31.8 Å². The van der Waals surface area contributed by atoms with Gasteiger partial charge in [-0.1, -0.05) is 6.07 Å². The maximum Gasteiger partial charge on any atom is 0.231 e. The molecule has 0 N–H and O–H groups in total. The van der Waals surface area contributed by atoms with Crippen molar-refractivity contribution in [3.8, 4) is 11.5 Å². The highest BCUT2D eigenvalue weighted by Gasteiger charge is 2.46. The van der Waals surface area contributed by atoms with Crippen molar-refractivity contribution < 1.29 is 23.7 Å². The van der Waals surface area contributed by atoms with E-state index in [0.717, 1.165) is 56.0 Å². The lowest BCUT2D eigenvalue weighted by atomic mass is 9.73. The van der Waals surface area contributed by atoms with Gasteiger partial charge >= 0.3 is 0 Å². The maximum absolute atomic E-state index is 12.9. The van der Waals surface area contributed by atoms with Crippen LogP contribution in [-0.4, -0.2) is 57.1 Å². The van der Waals surface area contributed by atoms with Crippen LogP contribution in [0.2, 0.25) is 0 Å². The van der Waals surface area contributed by atoms with E-state index in [9.17, 15) is 4.79 Å². The van der Waals surface area contributed by atoms with Crippen molar-refractivity contribution in [2.75, 3.05) is 40.2 Å². The Kier molecular flexibility index (Phi) is 4.56. The fourth-order valence-corrected chi connectivity index (χ4v) is 4.34. The van der Waals surface area contributed by atoms with E-state index in [1.54, 1.807) is 7.11 Å². The summed E-state index contributed by atoms with van der Waals surface area (Å²) in [6.45, 7) is 3.18. The van der Waals surface area contributed by atoms with Gasteiger partial charge in [-0.2, -0.15) is 0 Å². The van der Waals surface area contributed by atoms with E-state index in [0.29, 0.717) is 13.0 Å². The van der Waals surface area contributed by atoms with Crippen LogP contribution in [-0.2, 0) is 20.7 Å². The molecule has 2 saturated heterocycles. The summed E-state index contributed by atoms with van der Waals surface area (Å²) in [7, 11) is 1.73. The first kappa shape index (κ1) is 16.7. The van der Waals surface area contributed by atoms with Crippen LogP contribution in [0.5, 0.6) is 11.5 Å². The second-order valence-electron chi connectivity index (χ2n) is 7.23. The molecule has 0 aliphatic carbocycles. The number of ether oxygens (including phenoxy) is 4. The molecule has 6 nitrogen and oxygen atoms in total. The summed E-state index contributed by atoms with van der Waals surface area (Å²) >= 11 is 0. The Hall–Kier alpha value is -1.79. The van der Waals surface area contributed by atoms with Crippen LogP contribution in [0, 0.1) is 5.41 Å². The number of piperidine rings is 1. The Balaban J connectivity index is 1.45. The van der Waals surface area contributed by atoms with E-state index >= 15 is 0 Å². The average Bonchev–Trinajstić information content (AvgIpc) is 3.09. The Morgan fingerprint density at radius 2 is 2.24 bits per heavy atom. The lowest BCUT2D eigenvalue weighted by molar-refractivity contribution is -0.161. The molecule has 0 radical (unpaired) electrons. The Morgan fingerprint density at radius 1 is 1.36 bits per heavy atom. The van der Waals surface area contributed by atoms with Crippen LogP contribution in [0.4, 0.5) is 0 Å². The van der Waals surface area contributed by atoms with Crippen LogP contribution in [0.25, 0.3) is 0 Å². The number of fused-ring (bicyclic) bond motifs is 2. The zero-order valence-corrected chi connectivity index (χ0v) is 14.7. The lowest BCUT2D eigenvalue weighted by Gasteiger charge is -2.50. The lowest BCUT2D eigenvalue weighted by Crippen LogP contribution is -2.58. The van der Waals surface area contributed by atoms with Crippen molar-refractivity contribution in [3.63, 3.8) is 0 Å². The smallest absolute Gasteiger partial charge is 0.231 e. The van der Waals surface area contributed by atoms with Gasteiger partial charge in [0, 0.05) is 32.2 Å². The molecule has 2 atom stereocenters. The average molecular weight is 347 g/mol. The van der Waals surface area contributed by atoms with Gasteiger partial charge in [0.2, 0.25) is 12.7 Å². The summed E-state index contributed by atoms with van der Waals surface area (Å²) in [6, 6.07) is 5.72. The van der Waals surface area contributed by atoms with Crippen LogP contribution in [0.3, 0.4) is 0 Å². The molecule has 136 valence electrons. The fraction of sp³-hybridized carbons (Fsp3) is 0.632. The number of hydrogen-bond acceptors (Lipinski definition) is 5. The third kappa shape index (κ3) is 3.20. The zero-order valence-electron chi connectivity index (χ0n) is 14.7. The van der Waals surface area contributed by atoms with E-state index < -0.39 is 0 Å². The van der Waals surface area contributed by atoms with Gasteiger partial charge in [-0.3, -0.25) is 4.79 Å². The van der Waals surface area contributed by atoms with Gasteiger partial charge in [-0.25, -0.2) is 0 Å². The number of carbonyl (C=O) groups is 1. The number of benzene rings is 1. The van der Waals surface area contributed by atoms with Gasteiger partial charge in [0.15, 0.2) is 11.5 Å². The molecular formula is C19H25NO5. The predicted molar refractivity (Wildman–Crippen MR) is 90.7 cm³/mol. The molecule has 1 amide bonds. The van der Waals surface area contributed by atoms with E-state index in [-0.39, 0.29) is 24.2 Å². The standard InChI is InChI=1S/C19H25NO5/c1-22-12-19-6-2-8-23-17(19)5-7-20(11-19)18(21)10-14-3-4-15-16(9-14)25-13-24-15/h3-4,9,17H,2,5-8,10-13H2,1H3/t17-,19-/m0/s1. The first-order valence-corrected chi connectivity index (χ1v) is 8.97. The molecule has 0 saturated carbocycles. The van der Waals surface area contributed by atoms with Gasteiger partial charge in [0.1, 0.15) is 0 Å². The number of hydrogen-bond donors (Lipinski definition) is 0. The van der Waals surface area contributed by atoms with E-state index in [1.807, 2.05) is 23.1 Å². The first-order chi connectivity index (χ1) is 12.2. The number of nitrogens with zero attached hydrogens (tertiary/aromatic N) is 1. The molecule has 1 aromatic rings. The van der Waals surface area contributed by atoms with Crippen LogP contribution >= 0.6 is 0 Å². The minimum absolute atomic E-state index is 0.0597. The molecule has 0 bridgehead atoms. The summed E-state index contributed by atoms with van der Waals surface area (Å²) in [5.74, 6) is 1.62. The summed E-state index contributed by atoms with van der Waals surface area (Å²) in [5, 5.41) is 0. The fourth-order valence-electron chi connectivity index (χ4n) is 4.34. The Bertz CT molecular complexity index is 645. The molecule has 6 heteroatoms. The zero-order chi connectivity index (χ0) is 17.3. The third-order valence-corrected chi connectivity index (χ3v) is 5.56. The summed E-state index contributed by atoms with van der Waals surface area (Å²) in [4.78, 5) is 14.8. The molecule has 0 unspecified atom stereocenters. The van der Waals surface area contributed by atoms with Gasteiger partial charge in [0.25, 0.3) is 0 Å². The summed E-state index contributed by atoms with van der Waals surface area (Å²) < 4.78 is 22.2. The second-order valence-corrected chi connectivity index (χ2v) is 7.23. The number of rotatable bonds is 4. The molecule has 25 heavy (non-hydrogen) atoms. The van der Waals surface area contributed by atoms with Crippen molar-refractivity contribution in [1.29, 1.82) is 0 Å². The normalized spacial score (nSPS) is 27.9. The highest BCUT2D eigenvalue weighted by atomic mass is 16.7. The van der Waals surface area contributed by atoms with Crippen molar-refractivity contribution in [2.24, 2.45) is 5.41 Å². The molecular weight excluding hydrogens is 322 g/mol. The molecule has 3 heterocycles. The quantitative estimate of drug-likeness (QED) is 0.834. The van der Waals surface area contributed by atoms with Gasteiger partial charge in [0.05, 0.1) is 19.1 Å². The Morgan fingerprint density at radius 3 is 3.12 bits per heavy atom. The van der Waals surface area contributed by atoms with E-state index in [2.05, 4.69) is 0 Å². The highest BCUT2D eigenvalue weighted by molar-refractivity contribution is 5.79. The first-order valence-electron chi connectivity index (χ1n) is 8.97. The Labute approximate surface area is 148 Å². The summed E-state index contributed by atoms with van der Waals surface area (Å²) in [5.41, 5.74) is 0.896. The van der Waals surface area contributed by atoms with Crippen LogP contribution < -0.4 is 9.47 Å². The third-order valence-electron chi connectivity index (χ3n) is 5.56. The highest BCUT2D eigenvalue weighted by Crippen LogP contribution is 2.40. The van der Waals surface area contributed by atoms with Gasteiger partial charge in [-0.15, -0.1) is 0 Å². The molecule has 3 aliphatic rings. The second kappa shape index (κ2) is 6.84. The van der Waals surface area contributed by atoms with E-state index in [4.69, 9.17) is 18.9 Å². The van der Waals surface area contributed by atoms with Crippen molar-refractivity contribution >= 4 is 5.91 Å². The van der Waals surface area contributed by atoms with Crippen LogP contribution in [0.1, 0.15) is 24.8 Å². The number of amides is 1. The monoisotopic (exact) mass is 347 g/mol. The van der Waals surface area contributed by atoms with Crippen molar-refractivity contribution in [3.05, 3.63) is 23.8 Å². The van der Waals surface area contributed by atoms with Gasteiger partial charge in [-0.05, 0) is 37.0 Å². The SMILES string of the molecule is COC[C@@]12CCCO[C@H]1CCN(C(=O)Cc1ccc3c(c1)OCO3)C2. The van der Waals surface area contributed by atoms with Crippen LogP contribution in [0.15, 0.2) is 18.2 Å². The largest absolute Gasteiger partial charge is 0.454 e. The molecule has 3 aliphatic heterocycles. The molecule has 4 rings (SSSR count). The van der Waals surface area contributed by atoms with Gasteiger partial charge < -0.3 is 23.8 Å².